The molecule has 1 N–H and O–H groups in total. The Morgan fingerprint density at radius 3 is 2.64 bits per heavy atom. The summed E-state index contributed by atoms with van der Waals surface area (Å²) >= 11 is 0. The molecule has 0 bridgehead atoms. The van der Waals surface area contributed by atoms with Crippen molar-refractivity contribution in [3.8, 4) is 0 Å². The first-order valence-electron chi connectivity index (χ1n) is 7.94. The van der Waals surface area contributed by atoms with Gasteiger partial charge in [-0.2, -0.15) is 0 Å². The van der Waals surface area contributed by atoms with Crippen molar-refractivity contribution in [1.82, 2.24) is 0 Å². The molecule has 0 spiro atoms. The molecule has 2 aromatic rings. The van der Waals surface area contributed by atoms with Gasteiger partial charge in [-0.25, -0.2) is 4.39 Å². The van der Waals surface area contributed by atoms with Crippen molar-refractivity contribution in [2.75, 3.05) is 5.32 Å². The molecule has 0 fully saturated rings. The summed E-state index contributed by atoms with van der Waals surface area (Å²) in [6, 6.07) is 11.5. The van der Waals surface area contributed by atoms with E-state index in [0.29, 0.717) is 11.8 Å². The second-order valence-corrected chi connectivity index (χ2v) is 6.49. The Morgan fingerprint density at radius 1 is 1.05 bits per heavy atom. The molecule has 2 aliphatic rings. The first kappa shape index (κ1) is 13.6. The predicted octanol–water partition coefficient (Wildman–Crippen LogP) is 5.27. The number of halogens is 1. The van der Waals surface area contributed by atoms with Gasteiger partial charge in [0.1, 0.15) is 5.82 Å². The fourth-order valence-electron chi connectivity index (χ4n) is 4.08. The fourth-order valence-corrected chi connectivity index (χ4v) is 4.08. The molecule has 0 amide bonds. The lowest BCUT2D eigenvalue weighted by atomic mass is 9.75. The predicted molar refractivity (Wildman–Crippen MR) is 88.7 cm³/mol. The first-order chi connectivity index (χ1) is 10.7. The van der Waals surface area contributed by atoms with Crippen LogP contribution in [0.15, 0.2) is 48.6 Å². The summed E-state index contributed by atoms with van der Waals surface area (Å²) in [5.74, 6) is 0.671. The molecule has 0 saturated heterocycles. The summed E-state index contributed by atoms with van der Waals surface area (Å²) in [5.41, 5.74) is 5.93. The van der Waals surface area contributed by atoms with E-state index in [-0.39, 0.29) is 11.9 Å². The standard InChI is InChI=1S/C20H20FN/c1-12-10-11-13(2)19-18(12)14-7-5-8-15(14)20(22-19)16-6-3-4-9-17(16)21/h3-7,9-11,14-15,20,22H,8H2,1-2H3/t14-,15-,20-/m0/s1. The maximum Gasteiger partial charge on any atom is 0.128 e. The van der Waals surface area contributed by atoms with Crippen LogP contribution in [-0.4, -0.2) is 0 Å². The zero-order valence-corrected chi connectivity index (χ0v) is 12.9. The molecule has 112 valence electrons. The lowest BCUT2D eigenvalue weighted by Gasteiger charge is -2.39. The van der Waals surface area contributed by atoms with Crippen LogP contribution in [-0.2, 0) is 0 Å². The lowest BCUT2D eigenvalue weighted by molar-refractivity contribution is 0.412. The van der Waals surface area contributed by atoms with Gasteiger partial charge in [0.05, 0.1) is 6.04 Å². The van der Waals surface area contributed by atoms with Crippen LogP contribution in [0.3, 0.4) is 0 Å². The van der Waals surface area contributed by atoms with Crippen molar-refractivity contribution in [2.45, 2.75) is 32.2 Å². The molecular weight excluding hydrogens is 273 g/mol. The molecular formula is C20H20FN. The van der Waals surface area contributed by atoms with Gasteiger partial charge in [0.25, 0.3) is 0 Å². The van der Waals surface area contributed by atoms with E-state index < -0.39 is 0 Å². The third-order valence-electron chi connectivity index (χ3n) is 5.19. The van der Waals surface area contributed by atoms with Crippen LogP contribution in [0.4, 0.5) is 10.1 Å². The van der Waals surface area contributed by atoms with Crippen LogP contribution in [0, 0.1) is 25.6 Å². The van der Waals surface area contributed by atoms with Gasteiger partial charge in [-0.1, -0.05) is 42.5 Å². The molecule has 1 aliphatic heterocycles. The largest absolute Gasteiger partial charge is 0.377 e. The van der Waals surface area contributed by atoms with Crippen molar-refractivity contribution in [1.29, 1.82) is 0 Å². The minimum Gasteiger partial charge on any atom is -0.377 e. The maximum atomic E-state index is 14.3. The molecule has 3 atom stereocenters. The average molecular weight is 293 g/mol. The molecule has 1 aliphatic carbocycles. The number of benzene rings is 2. The van der Waals surface area contributed by atoms with E-state index in [0.717, 1.165) is 12.0 Å². The first-order valence-corrected chi connectivity index (χ1v) is 7.94. The Morgan fingerprint density at radius 2 is 1.82 bits per heavy atom. The summed E-state index contributed by atoms with van der Waals surface area (Å²) in [6.07, 6.45) is 5.57. The Balaban J connectivity index is 1.88. The minimum atomic E-state index is -0.112. The van der Waals surface area contributed by atoms with Crippen molar-refractivity contribution in [2.24, 2.45) is 5.92 Å². The van der Waals surface area contributed by atoms with E-state index in [1.807, 2.05) is 12.1 Å². The van der Waals surface area contributed by atoms with Gasteiger partial charge in [0.15, 0.2) is 0 Å². The number of rotatable bonds is 1. The van der Waals surface area contributed by atoms with Gasteiger partial charge < -0.3 is 5.32 Å². The van der Waals surface area contributed by atoms with Crippen molar-refractivity contribution in [3.05, 3.63) is 76.6 Å². The third kappa shape index (κ3) is 1.90. The second-order valence-electron chi connectivity index (χ2n) is 6.49. The monoisotopic (exact) mass is 293 g/mol. The highest BCUT2D eigenvalue weighted by Gasteiger charge is 2.39. The molecule has 0 saturated carbocycles. The van der Waals surface area contributed by atoms with Crippen LogP contribution < -0.4 is 5.32 Å². The van der Waals surface area contributed by atoms with Gasteiger partial charge in [0.2, 0.25) is 0 Å². The maximum absolute atomic E-state index is 14.3. The SMILES string of the molecule is Cc1ccc(C)c2c1N[C@H](c1ccccc1F)[C@H]1CC=C[C@H]21. The number of hydrogen-bond donors (Lipinski definition) is 1. The van der Waals surface area contributed by atoms with Crippen LogP contribution in [0.1, 0.15) is 40.6 Å². The summed E-state index contributed by atoms with van der Waals surface area (Å²) in [5, 5.41) is 3.65. The molecule has 0 aromatic heterocycles. The number of allylic oxidation sites excluding steroid dienone is 2. The van der Waals surface area contributed by atoms with Gasteiger partial charge in [-0.15, -0.1) is 0 Å². The summed E-state index contributed by atoms with van der Waals surface area (Å²) < 4.78 is 14.3. The second kappa shape index (κ2) is 4.98. The van der Waals surface area contributed by atoms with E-state index in [2.05, 4.69) is 43.4 Å². The minimum absolute atomic E-state index is 0.0363. The zero-order valence-electron chi connectivity index (χ0n) is 12.9. The molecule has 2 aromatic carbocycles. The highest BCUT2D eigenvalue weighted by molar-refractivity contribution is 5.66. The zero-order chi connectivity index (χ0) is 15.3. The van der Waals surface area contributed by atoms with E-state index in [9.17, 15) is 4.39 Å². The van der Waals surface area contributed by atoms with Gasteiger partial charge in [-0.05, 0) is 48.9 Å². The Hall–Kier alpha value is -2.09. The van der Waals surface area contributed by atoms with Gasteiger partial charge in [-0.3, -0.25) is 0 Å². The van der Waals surface area contributed by atoms with Crippen LogP contribution in [0.2, 0.25) is 0 Å². The molecule has 1 nitrogen and oxygen atoms in total. The topological polar surface area (TPSA) is 12.0 Å². The van der Waals surface area contributed by atoms with Gasteiger partial charge in [0, 0.05) is 17.2 Å². The quantitative estimate of drug-likeness (QED) is 0.706. The number of nitrogens with one attached hydrogen (secondary N) is 1. The number of fused-ring (bicyclic) bond motifs is 3. The van der Waals surface area contributed by atoms with E-state index in [1.54, 1.807) is 12.1 Å². The number of hydrogen-bond acceptors (Lipinski definition) is 1. The van der Waals surface area contributed by atoms with E-state index >= 15 is 0 Å². The normalized spacial score (nSPS) is 25.5. The number of aryl methyl sites for hydroxylation is 2. The van der Waals surface area contributed by atoms with E-state index in [1.165, 1.54) is 22.4 Å². The smallest absolute Gasteiger partial charge is 0.128 e. The number of anilines is 1. The fraction of sp³-hybridized carbons (Fsp3) is 0.300. The van der Waals surface area contributed by atoms with Crippen molar-refractivity contribution in [3.63, 3.8) is 0 Å². The highest BCUT2D eigenvalue weighted by Crippen LogP contribution is 2.51. The van der Waals surface area contributed by atoms with Crippen LogP contribution in [0.25, 0.3) is 0 Å². The Bertz CT molecular complexity index is 762. The molecule has 0 radical (unpaired) electrons. The molecule has 1 heterocycles. The lowest BCUT2D eigenvalue weighted by Crippen LogP contribution is -2.30. The Labute approximate surface area is 130 Å². The van der Waals surface area contributed by atoms with Crippen molar-refractivity contribution >= 4 is 5.69 Å². The Kier molecular flexibility index (Phi) is 3.07. The molecule has 2 heteroatoms. The average Bonchev–Trinajstić information content (AvgIpc) is 3.00. The molecule has 0 unspecified atom stereocenters. The molecule has 4 rings (SSSR count). The summed E-state index contributed by atoms with van der Waals surface area (Å²) in [7, 11) is 0. The highest BCUT2D eigenvalue weighted by atomic mass is 19.1. The van der Waals surface area contributed by atoms with Crippen molar-refractivity contribution < 1.29 is 4.39 Å². The van der Waals surface area contributed by atoms with E-state index in [4.69, 9.17) is 0 Å². The molecule has 22 heavy (non-hydrogen) atoms. The third-order valence-corrected chi connectivity index (χ3v) is 5.19. The van der Waals surface area contributed by atoms with Gasteiger partial charge >= 0.3 is 0 Å². The summed E-state index contributed by atoms with van der Waals surface area (Å²) in [6.45, 7) is 4.30. The van der Waals surface area contributed by atoms with Crippen LogP contribution >= 0.6 is 0 Å². The van der Waals surface area contributed by atoms with Crippen LogP contribution in [0.5, 0.6) is 0 Å². The summed E-state index contributed by atoms with van der Waals surface area (Å²) in [4.78, 5) is 0.